The number of fused-ring (bicyclic) bond motifs is 1. The van der Waals surface area contributed by atoms with Crippen LogP contribution in [0.1, 0.15) is 0 Å². The van der Waals surface area contributed by atoms with E-state index in [-0.39, 0.29) is 13.2 Å². The molecule has 4 nitrogen and oxygen atoms in total. The van der Waals surface area contributed by atoms with E-state index in [1.807, 2.05) is 12.1 Å². The molecule has 0 aliphatic heterocycles. The SMILES string of the molecule is OCCOc1ccc2cc(B(O)O)ccc2c1. The quantitative estimate of drug-likeness (QED) is 0.643. The predicted octanol–water partition coefficient (Wildman–Crippen LogP) is -0.109. The summed E-state index contributed by atoms with van der Waals surface area (Å²) in [6, 6.07) is 10.6. The number of benzene rings is 2. The second-order valence-corrected chi connectivity index (χ2v) is 3.71. The first-order chi connectivity index (χ1) is 8.20. The van der Waals surface area contributed by atoms with Crippen molar-refractivity contribution >= 4 is 23.4 Å². The van der Waals surface area contributed by atoms with Gasteiger partial charge < -0.3 is 19.9 Å². The van der Waals surface area contributed by atoms with E-state index in [1.165, 1.54) is 0 Å². The highest BCUT2D eigenvalue weighted by atomic mass is 16.5. The van der Waals surface area contributed by atoms with Gasteiger partial charge in [0.1, 0.15) is 12.4 Å². The summed E-state index contributed by atoms with van der Waals surface area (Å²) in [6.45, 7) is 0.243. The van der Waals surface area contributed by atoms with Gasteiger partial charge >= 0.3 is 7.12 Å². The molecule has 0 unspecified atom stereocenters. The molecule has 0 saturated heterocycles. The maximum atomic E-state index is 9.06. The normalized spacial score (nSPS) is 10.5. The standard InChI is InChI=1S/C12H13BO4/c14-5-6-17-12-4-2-9-7-11(13(15)16)3-1-10(9)8-12/h1-4,7-8,14-16H,5-6H2. The first-order valence-corrected chi connectivity index (χ1v) is 5.34. The molecule has 88 valence electrons. The van der Waals surface area contributed by atoms with E-state index in [9.17, 15) is 0 Å². The van der Waals surface area contributed by atoms with Gasteiger partial charge in [-0.25, -0.2) is 0 Å². The molecule has 0 atom stereocenters. The van der Waals surface area contributed by atoms with Crippen molar-refractivity contribution in [3.63, 3.8) is 0 Å². The minimum Gasteiger partial charge on any atom is -0.491 e. The van der Waals surface area contributed by atoms with Crippen molar-refractivity contribution in [2.24, 2.45) is 0 Å². The van der Waals surface area contributed by atoms with Crippen LogP contribution in [0.5, 0.6) is 5.75 Å². The third kappa shape index (κ3) is 2.76. The predicted molar refractivity (Wildman–Crippen MR) is 66.4 cm³/mol. The van der Waals surface area contributed by atoms with Gasteiger partial charge in [0.2, 0.25) is 0 Å². The molecular formula is C12H13BO4. The summed E-state index contributed by atoms with van der Waals surface area (Å²) in [5, 5.41) is 28.6. The lowest BCUT2D eigenvalue weighted by Gasteiger charge is -2.07. The van der Waals surface area contributed by atoms with Gasteiger partial charge in [0, 0.05) is 0 Å². The van der Waals surface area contributed by atoms with Gasteiger partial charge in [-0.1, -0.05) is 24.3 Å². The number of aliphatic hydroxyl groups excluding tert-OH is 1. The summed E-state index contributed by atoms with van der Waals surface area (Å²) in [6.07, 6.45) is 0. The summed E-state index contributed by atoms with van der Waals surface area (Å²) >= 11 is 0. The minimum absolute atomic E-state index is 0.0202. The van der Waals surface area contributed by atoms with Gasteiger partial charge in [0.25, 0.3) is 0 Å². The second kappa shape index (κ2) is 5.18. The molecule has 3 N–H and O–H groups in total. The molecule has 2 aromatic rings. The number of rotatable bonds is 4. The topological polar surface area (TPSA) is 69.9 Å². The third-order valence-corrected chi connectivity index (χ3v) is 2.49. The van der Waals surface area contributed by atoms with Gasteiger partial charge in [0.05, 0.1) is 6.61 Å². The van der Waals surface area contributed by atoms with Crippen molar-refractivity contribution in [3.8, 4) is 5.75 Å². The average molecular weight is 232 g/mol. The summed E-state index contributed by atoms with van der Waals surface area (Å²) in [7, 11) is -1.45. The maximum absolute atomic E-state index is 9.06. The van der Waals surface area contributed by atoms with Crippen LogP contribution < -0.4 is 10.2 Å². The summed E-state index contributed by atoms with van der Waals surface area (Å²) < 4.78 is 5.29. The third-order valence-electron chi connectivity index (χ3n) is 2.49. The van der Waals surface area contributed by atoms with Crippen LogP contribution in [0, 0.1) is 0 Å². The molecular weight excluding hydrogens is 219 g/mol. The molecule has 0 spiro atoms. The fourth-order valence-corrected chi connectivity index (χ4v) is 1.66. The number of hydrogen-bond donors (Lipinski definition) is 3. The molecule has 0 fully saturated rings. The van der Waals surface area contributed by atoms with Crippen LogP contribution in [0.25, 0.3) is 10.8 Å². The van der Waals surface area contributed by atoms with Crippen LogP contribution >= 0.6 is 0 Å². The Morgan fingerprint density at radius 1 is 1.00 bits per heavy atom. The van der Waals surface area contributed by atoms with Gasteiger partial charge in [0.15, 0.2) is 0 Å². The van der Waals surface area contributed by atoms with Crippen molar-refractivity contribution in [1.29, 1.82) is 0 Å². The van der Waals surface area contributed by atoms with Crippen molar-refractivity contribution in [2.45, 2.75) is 0 Å². The highest BCUT2D eigenvalue weighted by Gasteiger charge is 2.10. The van der Waals surface area contributed by atoms with E-state index >= 15 is 0 Å². The Kier molecular flexibility index (Phi) is 3.63. The Morgan fingerprint density at radius 3 is 2.41 bits per heavy atom. The fourth-order valence-electron chi connectivity index (χ4n) is 1.66. The number of hydrogen-bond acceptors (Lipinski definition) is 4. The first kappa shape index (κ1) is 11.9. The Balaban J connectivity index is 2.33. The van der Waals surface area contributed by atoms with Gasteiger partial charge in [-0.3, -0.25) is 0 Å². The molecule has 0 bridgehead atoms. The molecule has 2 rings (SSSR count). The van der Waals surface area contributed by atoms with E-state index in [2.05, 4.69) is 0 Å². The molecule has 17 heavy (non-hydrogen) atoms. The van der Waals surface area contributed by atoms with Gasteiger partial charge in [-0.15, -0.1) is 0 Å². The monoisotopic (exact) mass is 232 g/mol. The van der Waals surface area contributed by atoms with Crippen molar-refractivity contribution < 1.29 is 19.9 Å². The van der Waals surface area contributed by atoms with Crippen LogP contribution in [0.4, 0.5) is 0 Å². The van der Waals surface area contributed by atoms with E-state index in [0.717, 1.165) is 10.8 Å². The molecule has 2 aromatic carbocycles. The lowest BCUT2D eigenvalue weighted by Crippen LogP contribution is -2.29. The van der Waals surface area contributed by atoms with E-state index in [4.69, 9.17) is 19.9 Å². The molecule has 0 aliphatic rings. The zero-order chi connectivity index (χ0) is 12.3. The zero-order valence-electron chi connectivity index (χ0n) is 9.21. The van der Waals surface area contributed by atoms with Crippen molar-refractivity contribution in [3.05, 3.63) is 36.4 Å². The summed E-state index contributed by atoms with van der Waals surface area (Å²) in [5.41, 5.74) is 0.460. The van der Waals surface area contributed by atoms with Crippen LogP contribution in [0.3, 0.4) is 0 Å². The molecule has 0 radical (unpaired) electrons. The maximum Gasteiger partial charge on any atom is 0.488 e. The van der Waals surface area contributed by atoms with Crippen molar-refractivity contribution in [2.75, 3.05) is 13.2 Å². The van der Waals surface area contributed by atoms with Crippen LogP contribution in [0.2, 0.25) is 0 Å². The Morgan fingerprint density at radius 2 is 1.71 bits per heavy atom. The molecule has 0 heterocycles. The highest BCUT2D eigenvalue weighted by molar-refractivity contribution is 6.58. The molecule has 0 aliphatic carbocycles. The Bertz CT molecular complexity index is 513. The van der Waals surface area contributed by atoms with Gasteiger partial charge in [-0.2, -0.15) is 0 Å². The largest absolute Gasteiger partial charge is 0.491 e. The number of ether oxygens (including phenoxy) is 1. The summed E-state index contributed by atoms with van der Waals surface area (Å²) in [5.74, 6) is 0.684. The lowest BCUT2D eigenvalue weighted by atomic mass is 9.79. The van der Waals surface area contributed by atoms with E-state index < -0.39 is 7.12 Å². The second-order valence-electron chi connectivity index (χ2n) is 3.71. The van der Waals surface area contributed by atoms with Crippen LogP contribution in [0.15, 0.2) is 36.4 Å². The molecule has 0 saturated carbocycles. The minimum atomic E-state index is -1.45. The Labute approximate surface area is 99.2 Å². The Hall–Kier alpha value is -1.56. The highest BCUT2D eigenvalue weighted by Crippen LogP contribution is 2.19. The lowest BCUT2D eigenvalue weighted by molar-refractivity contribution is 0.201. The van der Waals surface area contributed by atoms with E-state index in [1.54, 1.807) is 24.3 Å². The van der Waals surface area contributed by atoms with Crippen LogP contribution in [-0.4, -0.2) is 35.5 Å². The fraction of sp³-hybridized carbons (Fsp3) is 0.167. The van der Waals surface area contributed by atoms with Gasteiger partial charge in [-0.05, 0) is 28.4 Å². The van der Waals surface area contributed by atoms with E-state index in [0.29, 0.717) is 11.2 Å². The molecule has 5 heteroatoms. The average Bonchev–Trinajstić information content (AvgIpc) is 2.35. The smallest absolute Gasteiger partial charge is 0.488 e. The summed E-state index contributed by atoms with van der Waals surface area (Å²) in [4.78, 5) is 0. The van der Waals surface area contributed by atoms with Crippen LogP contribution in [-0.2, 0) is 0 Å². The molecule has 0 aromatic heterocycles. The zero-order valence-corrected chi connectivity index (χ0v) is 9.21. The first-order valence-electron chi connectivity index (χ1n) is 5.34. The molecule has 0 amide bonds. The number of aliphatic hydroxyl groups is 1. The van der Waals surface area contributed by atoms with Crippen molar-refractivity contribution in [1.82, 2.24) is 0 Å².